The average molecular weight is 287 g/mol. The van der Waals surface area contributed by atoms with E-state index in [9.17, 15) is 4.79 Å². The number of rotatable bonds is 4. The summed E-state index contributed by atoms with van der Waals surface area (Å²) in [5, 5.41) is 11.8. The summed E-state index contributed by atoms with van der Waals surface area (Å²) in [7, 11) is 0. The van der Waals surface area contributed by atoms with Gasteiger partial charge in [-0.2, -0.15) is 5.26 Å². The Labute approximate surface area is 125 Å². The third-order valence-electron chi connectivity index (χ3n) is 3.60. The van der Waals surface area contributed by atoms with Crippen molar-refractivity contribution < 1.29 is 9.53 Å². The van der Waals surface area contributed by atoms with E-state index in [1.54, 1.807) is 0 Å². The molecule has 1 saturated heterocycles. The van der Waals surface area contributed by atoms with Crippen molar-refractivity contribution in [2.45, 2.75) is 13.8 Å². The van der Waals surface area contributed by atoms with Crippen molar-refractivity contribution in [3.05, 3.63) is 24.3 Å². The van der Waals surface area contributed by atoms with Crippen LogP contribution in [0.3, 0.4) is 0 Å². The van der Waals surface area contributed by atoms with E-state index in [1.807, 2.05) is 38.1 Å². The number of hydrogen-bond donors (Lipinski definition) is 1. The van der Waals surface area contributed by atoms with Gasteiger partial charge in [0.05, 0.1) is 19.3 Å². The molecule has 0 aromatic heterocycles. The molecule has 5 nitrogen and oxygen atoms in total. The first-order chi connectivity index (χ1) is 10.1. The number of nitrogens with one attached hydrogen (secondary N) is 1. The number of carbonyl (C=O) groups excluding carboxylic acids is 1. The van der Waals surface area contributed by atoms with Crippen LogP contribution in [0.25, 0.3) is 0 Å². The van der Waals surface area contributed by atoms with Crippen LogP contribution < -0.4 is 10.2 Å². The Morgan fingerprint density at radius 1 is 1.29 bits per heavy atom. The van der Waals surface area contributed by atoms with Gasteiger partial charge in [0.1, 0.15) is 5.92 Å². The Bertz CT molecular complexity index is 513. The number of hydrogen-bond acceptors (Lipinski definition) is 4. The molecule has 0 bridgehead atoms. The molecule has 1 aromatic carbocycles. The number of amides is 1. The van der Waals surface area contributed by atoms with Gasteiger partial charge < -0.3 is 15.0 Å². The summed E-state index contributed by atoms with van der Waals surface area (Å²) < 4.78 is 5.33. The van der Waals surface area contributed by atoms with Gasteiger partial charge in [0.25, 0.3) is 0 Å². The van der Waals surface area contributed by atoms with E-state index in [0.29, 0.717) is 0 Å². The second-order valence-corrected chi connectivity index (χ2v) is 5.49. The van der Waals surface area contributed by atoms with Crippen LogP contribution in [0.15, 0.2) is 24.3 Å². The van der Waals surface area contributed by atoms with Crippen molar-refractivity contribution in [2.24, 2.45) is 11.8 Å². The summed E-state index contributed by atoms with van der Waals surface area (Å²) in [5.41, 5.74) is 1.84. The number of nitriles is 1. The lowest BCUT2D eigenvalue weighted by molar-refractivity contribution is -0.119. The van der Waals surface area contributed by atoms with Crippen molar-refractivity contribution in [1.82, 2.24) is 0 Å². The number of anilines is 2. The molecule has 1 amide bonds. The molecule has 1 heterocycles. The molecule has 0 aliphatic carbocycles. The Morgan fingerprint density at radius 3 is 2.43 bits per heavy atom. The highest BCUT2D eigenvalue weighted by Crippen LogP contribution is 2.20. The molecule has 1 atom stereocenters. The van der Waals surface area contributed by atoms with Crippen LogP contribution in [0.1, 0.15) is 13.8 Å². The molecular weight excluding hydrogens is 266 g/mol. The molecule has 5 heteroatoms. The highest BCUT2D eigenvalue weighted by Gasteiger charge is 2.21. The molecular formula is C16H21N3O2. The van der Waals surface area contributed by atoms with Gasteiger partial charge in [0.15, 0.2) is 0 Å². The van der Waals surface area contributed by atoms with Crippen LogP contribution in [0.2, 0.25) is 0 Å². The minimum absolute atomic E-state index is 0.00243. The fourth-order valence-corrected chi connectivity index (χ4v) is 2.31. The van der Waals surface area contributed by atoms with E-state index in [1.165, 1.54) is 0 Å². The quantitative estimate of drug-likeness (QED) is 0.922. The van der Waals surface area contributed by atoms with Crippen LogP contribution >= 0.6 is 0 Å². The van der Waals surface area contributed by atoms with Gasteiger partial charge in [-0.3, -0.25) is 4.79 Å². The van der Waals surface area contributed by atoms with Crippen molar-refractivity contribution in [2.75, 3.05) is 36.5 Å². The average Bonchev–Trinajstić information content (AvgIpc) is 2.49. The van der Waals surface area contributed by atoms with E-state index in [2.05, 4.69) is 16.3 Å². The molecule has 2 rings (SSSR count). The summed E-state index contributed by atoms with van der Waals surface area (Å²) in [6, 6.07) is 9.76. The fourth-order valence-electron chi connectivity index (χ4n) is 2.31. The first-order valence-electron chi connectivity index (χ1n) is 7.25. The normalized spacial score (nSPS) is 16.4. The monoisotopic (exact) mass is 287 g/mol. The molecule has 112 valence electrons. The molecule has 1 aliphatic rings. The summed E-state index contributed by atoms with van der Waals surface area (Å²) in [6.45, 7) is 7.00. The lowest BCUT2D eigenvalue weighted by atomic mass is 9.96. The third-order valence-corrected chi connectivity index (χ3v) is 3.60. The van der Waals surface area contributed by atoms with Crippen LogP contribution in [0.4, 0.5) is 11.4 Å². The Balaban J connectivity index is 1.99. The maximum absolute atomic E-state index is 12.0. The lowest BCUT2D eigenvalue weighted by Crippen LogP contribution is -2.36. The molecule has 1 N–H and O–H groups in total. The molecule has 21 heavy (non-hydrogen) atoms. The Kier molecular flexibility index (Phi) is 5.18. The van der Waals surface area contributed by atoms with Crippen LogP contribution in [-0.4, -0.2) is 32.2 Å². The molecule has 0 radical (unpaired) electrons. The van der Waals surface area contributed by atoms with Crippen LogP contribution in [0, 0.1) is 23.2 Å². The lowest BCUT2D eigenvalue weighted by Gasteiger charge is -2.29. The number of benzene rings is 1. The standard InChI is InChI=1S/C16H21N3O2/c1-12(2)15(11-17)16(20)18-13-3-5-14(6-4-13)19-7-9-21-10-8-19/h3-6,12,15H,7-10H2,1-2H3,(H,18,20). The third kappa shape index (κ3) is 3.96. The highest BCUT2D eigenvalue weighted by atomic mass is 16.5. The van der Waals surface area contributed by atoms with Gasteiger partial charge in [-0.15, -0.1) is 0 Å². The molecule has 0 saturated carbocycles. The number of ether oxygens (including phenoxy) is 1. The summed E-state index contributed by atoms with van der Waals surface area (Å²) in [4.78, 5) is 14.3. The maximum Gasteiger partial charge on any atom is 0.241 e. The van der Waals surface area contributed by atoms with Gasteiger partial charge in [-0.1, -0.05) is 13.8 Å². The summed E-state index contributed by atoms with van der Waals surface area (Å²) >= 11 is 0. The van der Waals surface area contributed by atoms with Crippen molar-refractivity contribution in [3.63, 3.8) is 0 Å². The molecule has 1 fully saturated rings. The van der Waals surface area contributed by atoms with E-state index in [0.717, 1.165) is 37.7 Å². The first kappa shape index (κ1) is 15.3. The first-order valence-corrected chi connectivity index (χ1v) is 7.25. The Morgan fingerprint density at radius 2 is 1.90 bits per heavy atom. The molecule has 1 aliphatic heterocycles. The zero-order chi connectivity index (χ0) is 15.2. The zero-order valence-electron chi connectivity index (χ0n) is 12.5. The largest absolute Gasteiger partial charge is 0.378 e. The number of morpholine rings is 1. The van der Waals surface area contributed by atoms with E-state index >= 15 is 0 Å². The summed E-state index contributed by atoms with van der Waals surface area (Å²) in [5.74, 6) is -0.863. The van der Waals surface area contributed by atoms with E-state index < -0.39 is 5.92 Å². The highest BCUT2D eigenvalue weighted by molar-refractivity contribution is 5.94. The zero-order valence-corrected chi connectivity index (χ0v) is 12.5. The van der Waals surface area contributed by atoms with Gasteiger partial charge in [-0.25, -0.2) is 0 Å². The molecule has 1 unspecified atom stereocenters. The van der Waals surface area contributed by atoms with Crippen LogP contribution in [0.5, 0.6) is 0 Å². The molecule has 0 spiro atoms. The fraction of sp³-hybridized carbons (Fsp3) is 0.500. The van der Waals surface area contributed by atoms with Gasteiger partial charge in [-0.05, 0) is 30.2 Å². The van der Waals surface area contributed by atoms with Gasteiger partial charge >= 0.3 is 0 Å². The number of carbonyl (C=O) groups is 1. The van der Waals surface area contributed by atoms with Gasteiger partial charge in [0, 0.05) is 24.5 Å². The minimum Gasteiger partial charge on any atom is -0.378 e. The predicted molar refractivity (Wildman–Crippen MR) is 82.0 cm³/mol. The maximum atomic E-state index is 12.0. The van der Waals surface area contributed by atoms with Crippen molar-refractivity contribution in [1.29, 1.82) is 5.26 Å². The van der Waals surface area contributed by atoms with E-state index in [-0.39, 0.29) is 11.8 Å². The molecule has 1 aromatic rings. The predicted octanol–water partition coefficient (Wildman–Crippen LogP) is 2.26. The van der Waals surface area contributed by atoms with Crippen molar-refractivity contribution in [3.8, 4) is 6.07 Å². The van der Waals surface area contributed by atoms with E-state index in [4.69, 9.17) is 10.00 Å². The second-order valence-electron chi connectivity index (χ2n) is 5.49. The number of nitrogens with zero attached hydrogens (tertiary/aromatic N) is 2. The topological polar surface area (TPSA) is 65.4 Å². The van der Waals surface area contributed by atoms with Crippen LogP contribution in [-0.2, 0) is 9.53 Å². The Hall–Kier alpha value is -2.06. The SMILES string of the molecule is CC(C)C(C#N)C(=O)Nc1ccc(N2CCOCC2)cc1. The summed E-state index contributed by atoms with van der Waals surface area (Å²) in [6.07, 6.45) is 0. The smallest absolute Gasteiger partial charge is 0.241 e. The minimum atomic E-state index is -0.621. The van der Waals surface area contributed by atoms with Gasteiger partial charge in [0.2, 0.25) is 5.91 Å². The van der Waals surface area contributed by atoms with Crippen molar-refractivity contribution >= 4 is 17.3 Å². The second kappa shape index (κ2) is 7.09.